The highest BCUT2D eigenvalue weighted by atomic mass is 79.9. The zero-order chi connectivity index (χ0) is 10.8. The van der Waals surface area contributed by atoms with Crippen LogP contribution in [0.25, 0.3) is 0 Å². The fourth-order valence-corrected chi connectivity index (χ4v) is 1.35. The molecule has 0 fully saturated rings. The van der Waals surface area contributed by atoms with Crippen molar-refractivity contribution in [2.75, 3.05) is 21.1 Å². The van der Waals surface area contributed by atoms with E-state index in [0.717, 1.165) is 10.0 Å². The van der Waals surface area contributed by atoms with Crippen molar-refractivity contribution in [2.24, 2.45) is 0 Å². The van der Waals surface area contributed by atoms with Crippen LogP contribution < -0.4 is 17.0 Å². The first-order valence-corrected chi connectivity index (χ1v) is 4.97. The Morgan fingerprint density at radius 3 is 1.93 bits per heavy atom. The van der Waals surface area contributed by atoms with E-state index in [1.54, 1.807) is 0 Å². The van der Waals surface area contributed by atoms with Gasteiger partial charge in [0, 0.05) is 0 Å². The molecule has 1 aromatic carbocycles. The number of halogens is 1. The van der Waals surface area contributed by atoms with Crippen LogP contribution in [-0.2, 0) is 0 Å². The van der Waals surface area contributed by atoms with Crippen molar-refractivity contribution in [3.63, 3.8) is 0 Å². The smallest absolute Gasteiger partial charge is 0.130 e. The van der Waals surface area contributed by atoms with Gasteiger partial charge >= 0.3 is 0 Å². The summed E-state index contributed by atoms with van der Waals surface area (Å²) in [7, 11) is 6.28. The quantitative estimate of drug-likeness (QED) is 0.688. The van der Waals surface area contributed by atoms with E-state index in [-0.39, 0.29) is 23.0 Å². The van der Waals surface area contributed by atoms with Gasteiger partial charge in [-0.25, -0.2) is 0 Å². The van der Waals surface area contributed by atoms with Crippen LogP contribution in [0.5, 0.6) is 0 Å². The fourth-order valence-electron chi connectivity index (χ4n) is 1.35. The maximum absolute atomic E-state index is 10.1. The number of likely N-dealkylation sites (N-methyl/N-ethyl adjacent to an activating group) is 1. The van der Waals surface area contributed by atoms with Gasteiger partial charge in [-0.1, -0.05) is 30.3 Å². The molecular formula is C12H20BrNO. The summed E-state index contributed by atoms with van der Waals surface area (Å²) in [6, 6.07) is 10.0. The third-order valence-electron chi connectivity index (χ3n) is 2.82. The van der Waals surface area contributed by atoms with Gasteiger partial charge in [-0.05, 0) is 12.5 Å². The minimum absolute atomic E-state index is 0. The van der Waals surface area contributed by atoms with Crippen molar-refractivity contribution < 1.29 is 26.6 Å². The zero-order valence-corrected chi connectivity index (χ0v) is 11.4. The maximum Gasteiger partial charge on any atom is 0.130 e. The molecule has 15 heavy (non-hydrogen) atoms. The lowest BCUT2D eigenvalue weighted by atomic mass is 10.0. The van der Waals surface area contributed by atoms with Gasteiger partial charge in [-0.2, -0.15) is 0 Å². The molecule has 0 aliphatic carbocycles. The first-order chi connectivity index (χ1) is 6.43. The molecule has 0 saturated heterocycles. The zero-order valence-electron chi connectivity index (χ0n) is 9.81. The van der Waals surface area contributed by atoms with E-state index in [9.17, 15) is 5.11 Å². The third kappa shape index (κ3) is 3.93. The summed E-state index contributed by atoms with van der Waals surface area (Å²) in [6.45, 7) is 2.07. The van der Waals surface area contributed by atoms with Crippen LogP contribution >= 0.6 is 0 Å². The molecule has 3 heteroatoms. The first-order valence-electron chi connectivity index (χ1n) is 4.97. The van der Waals surface area contributed by atoms with Crippen molar-refractivity contribution in [2.45, 2.75) is 19.1 Å². The number of benzene rings is 1. The highest BCUT2D eigenvalue weighted by Crippen LogP contribution is 2.21. The average molecular weight is 274 g/mol. The Balaban J connectivity index is 0.00000196. The second kappa shape index (κ2) is 5.64. The molecule has 0 radical (unpaired) electrons. The summed E-state index contributed by atoms with van der Waals surface area (Å²) in [5.41, 5.74) is 0.994. The maximum atomic E-state index is 10.1. The number of aliphatic hydroxyl groups excluding tert-OH is 1. The van der Waals surface area contributed by atoms with Gasteiger partial charge in [0.15, 0.2) is 0 Å². The summed E-state index contributed by atoms with van der Waals surface area (Å²) in [5, 5.41) is 10.1. The molecular weight excluding hydrogens is 254 g/mol. The number of rotatable bonds is 3. The molecule has 0 aliphatic rings. The Labute approximate surface area is 103 Å². The summed E-state index contributed by atoms with van der Waals surface area (Å²) in [5.74, 6) is 0. The van der Waals surface area contributed by atoms with Gasteiger partial charge < -0.3 is 26.6 Å². The van der Waals surface area contributed by atoms with E-state index in [1.165, 1.54) is 0 Å². The standard InChI is InChI=1S/C12H20NO.BrH/c1-10(13(2,3)4)12(14)11-8-6-5-7-9-11;/h5-10,12,14H,1-4H3;1H/q+1;/p-1. The minimum Gasteiger partial charge on any atom is -1.00 e. The Morgan fingerprint density at radius 2 is 1.53 bits per heavy atom. The highest BCUT2D eigenvalue weighted by molar-refractivity contribution is 5.18. The Kier molecular flexibility index (Phi) is 5.49. The number of hydrogen-bond donors (Lipinski definition) is 1. The predicted octanol–water partition coefficient (Wildman–Crippen LogP) is -1.18. The third-order valence-corrected chi connectivity index (χ3v) is 2.82. The second-order valence-electron chi connectivity index (χ2n) is 4.71. The summed E-state index contributed by atoms with van der Waals surface area (Å²) in [4.78, 5) is 0. The van der Waals surface area contributed by atoms with E-state index in [1.807, 2.05) is 30.3 Å². The van der Waals surface area contributed by atoms with Crippen LogP contribution in [0.3, 0.4) is 0 Å². The number of aliphatic hydroxyl groups is 1. The number of nitrogens with zero attached hydrogens (tertiary/aromatic N) is 1. The van der Waals surface area contributed by atoms with Gasteiger partial charge in [0.25, 0.3) is 0 Å². The molecule has 0 amide bonds. The lowest BCUT2D eigenvalue weighted by Gasteiger charge is -2.34. The topological polar surface area (TPSA) is 20.2 Å². The fraction of sp³-hybridized carbons (Fsp3) is 0.500. The average Bonchev–Trinajstić information content (AvgIpc) is 2.15. The molecule has 2 unspecified atom stereocenters. The molecule has 2 nitrogen and oxygen atoms in total. The van der Waals surface area contributed by atoms with Gasteiger partial charge in [-0.15, -0.1) is 0 Å². The normalized spacial score (nSPS) is 15.3. The molecule has 1 aromatic rings. The van der Waals surface area contributed by atoms with E-state index >= 15 is 0 Å². The molecule has 0 spiro atoms. The van der Waals surface area contributed by atoms with E-state index < -0.39 is 6.10 Å². The first kappa shape index (κ1) is 14.6. The molecule has 0 aliphatic heterocycles. The van der Waals surface area contributed by atoms with Crippen LogP contribution in [0.15, 0.2) is 30.3 Å². The number of hydrogen-bond acceptors (Lipinski definition) is 1. The van der Waals surface area contributed by atoms with Crippen LogP contribution in [0.1, 0.15) is 18.6 Å². The van der Waals surface area contributed by atoms with Crippen molar-refractivity contribution in [3.05, 3.63) is 35.9 Å². The van der Waals surface area contributed by atoms with Gasteiger partial charge in [0.2, 0.25) is 0 Å². The molecule has 0 saturated carbocycles. The van der Waals surface area contributed by atoms with Gasteiger partial charge in [0.1, 0.15) is 12.1 Å². The monoisotopic (exact) mass is 273 g/mol. The predicted molar refractivity (Wildman–Crippen MR) is 58.9 cm³/mol. The van der Waals surface area contributed by atoms with Crippen molar-refractivity contribution in [3.8, 4) is 0 Å². The largest absolute Gasteiger partial charge is 1.00 e. The molecule has 0 aromatic heterocycles. The van der Waals surface area contributed by atoms with Gasteiger partial charge in [0.05, 0.1) is 21.1 Å². The van der Waals surface area contributed by atoms with Crippen LogP contribution in [0.2, 0.25) is 0 Å². The lowest BCUT2D eigenvalue weighted by Crippen LogP contribution is -3.00. The Morgan fingerprint density at radius 1 is 1.07 bits per heavy atom. The summed E-state index contributed by atoms with van der Waals surface area (Å²) in [6.07, 6.45) is -0.392. The van der Waals surface area contributed by atoms with Gasteiger partial charge in [-0.3, -0.25) is 0 Å². The van der Waals surface area contributed by atoms with Crippen molar-refractivity contribution >= 4 is 0 Å². The lowest BCUT2D eigenvalue weighted by molar-refractivity contribution is -0.898. The molecule has 2 atom stereocenters. The molecule has 1 rings (SSSR count). The Hall–Kier alpha value is -0.380. The molecule has 1 N–H and O–H groups in total. The van der Waals surface area contributed by atoms with Crippen LogP contribution in [-0.4, -0.2) is 36.8 Å². The minimum atomic E-state index is -0.392. The van der Waals surface area contributed by atoms with E-state index in [0.29, 0.717) is 0 Å². The van der Waals surface area contributed by atoms with E-state index in [2.05, 4.69) is 28.1 Å². The SMILES string of the molecule is CC(C(O)c1ccccc1)[N+](C)(C)C.[Br-]. The van der Waals surface area contributed by atoms with E-state index in [4.69, 9.17) is 0 Å². The number of quaternary nitrogens is 1. The van der Waals surface area contributed by atoms with Crippen LogP contribution in [0, 0.1) is 0 Å². The second-order valence-corrected chi connectivity index (χ2v) is 4.71. The molecule has 0 heterocycles. The highest BCUT2D eigenvalue weighted by Gasteiger charge is 2.27. The van der Waals surface area contributed by atoms with Crippen LogP contribution in [0.4, 0.5) is 0 Å². The molecule has 86 valence electrons. The Bertz CT molecular complexity index is 281. The summed E-state index contributed by atoms with van der Waals surface area (Å²) < 4.78 is 0.760. The van der Waals surface area contributed by atoms with Crippen molar-refractivity contribution in [1.82, 2.24) is 0 Å². The summed E-state index contributed by atoms with van der Waals surface area (Å²) >= 11 is 0. The van der Waals surface area contributed by atoms with Crippen molar-refractivity contribution in [1.29, 1.82) is 0 Å². The molecule has 0 bridgehead atoms.